The maximum Gasteiger partial charge on any atom is 0.159 e. The smallest absolute Gasteiger partial charge is 0.159 e. The number of hydrogen-bond donors (Lipinski definition) is 0. The van der Waals surface area contributed by atoms with Crippen LogP contribution in [0.2, 0.25) is 0 Å². The van der Waals surface area contributed by atoms with Crippen molar-refractivity contribution in [2.75, 3.05) is 19.6 Å². The molecule has 1 fully saturated rings. The van der Waals surface area contributed by atoms with Gasteiger partial charge in [0.1, 0.15) is 0 Å². The van der Waals surface area contributed by atoms with Gasteiger partial charge in [0.05, 0.1) is 0 Å². The van der Waals surface area contributed by atoms with Gasteiger partial charge in [-0.3, -0.25) is 0 Å². The fourth-order valence-electron chi connectivity index (χ4n) is 2.14. The summed E-state index contributed by atoms with van der Waals surface area (Å²) < 4.78 is 0. The molecule has 0 bridgehead atoms. The van der Waals surface area contributed by atoms with E-state index in [-0.39, 0.29) is 0 Å². The van der Waals surface area contributed by atoms with Crippen LogP contribution in [-0.4, -0.2) is 34.5 Å². The first kappa shape index (κ1) is 9.73. The molecule has 0 aliphatic carbocycles. The van der Waals surface area contributed by atoms with E-state index in [0.29, 0.717) is 0 Å². The van der Waals surface area contributed by atoms with Gasteiger partial charge in [0.2, 0.25) is 0 Å². The maximum atomic E-state index is 4.28. The molecular weight excluding hydrogens is 198 g/mol. The minimum atomic E-state index is 0.864. The Bertz CT molecular complexity index is 486. The van der Waals surface area contributed by atoms with Crippen molar-refractivity contribution in [3.8, 4) is 0 Å². The van der Waals surface area contributed by atoms with E-state index in [1.165, 1.54) is 30.5 Å². The standard InChI is InChI=1S/C13H15N3/c1-3-12-11(5-10-16-8-2-9-16)4-7-15-13(12)14-6-1/h1,3-4,6-7H,2,5,8-10H2. The van der Waals surface area contributed by atoms with Gasteiger partial charge in [-0.2, -0.15) is 0 Å². The Morgan fingerprint density at radius 3 is 2.81 bits per heavy atom. The molecule has 0 atom stereocenters. The Morgan fingerprint density at radius 1 is 1.12 bits per heavy atom. The summed E-state index contributed by atoms with van der Waals surface area (Å²) in [5.41, 5.74) is 2.23. The first-order valence-corrected chi connectivity index (χ1v) is 5.84. The van der Waals surface area contributed by atoms with Gasteiger partial charge in [0, 0.05) is 24.3 Å². The molecule has 0 aromatic carbocycles. The topological polar surface area (TPSA) is 29.0 Å². The Balaban J connectivity index is 1.84. The zero-order valence-electron chi connectivity index (χ0n) is 9.26. The molecule has 1 aliphatic rings. The molecule has 16 heavy (non-hydrogen) atoms. The summed E-state index contributed by atoms with van der Waals surface area (Å²) in [6.45, 7) is 3.69. The van der Waals surface area contributed by atoms with Crippen LogP contribution in [0.1, 0.15) is 12.0 Å². The lowest BCUT2D eigenvalue weighted by Gasteiger charge is -2.30. The van der Waals surface area contributed by atoms with Gasteiger partial charge < -0.3 is 4.90 Å². The number of hydrogen-bond acceptors (Lipinski definition) is 3. The first-order valence-electron chi connectivity index (χ1n) is 5.84. The quantitative estimate of drug-likeness (QED) is 0.779. The highest BCUT2D eigenvalue weighted by Crippen LogP contribution is 2.16. The number of aromatic nitrogens is 2. The molecular formula is C13H15N3. The average Bonchev–Trinajstić information content (AvgIpc) is 2.27. The van der Waals surface area contributed by atoms with Crippen molar-refractivity contribution < 1.29 is 0 Å². The van der Waals surface area contributed by atoms with Crippen LogP contribution in [-0.2, 0) is 6.42 Å². The molecule has 3 heterocycles. The molecule has 0 saturated carbocycles. The fraction of sp³-hybridized carbons (Fsp3) is 0.385. The van der Waals surface area contributed by atoms with Crippen molar-refractivity contribution in [1.29, 1.82) is 0 Å². The van der Waals surface area contributed by atoms with Crippen LogP contribution in [0.5, 0.6) is 0 Å². The highest BCUT2D eigenvalue weighted by Gasteiger charge is 2.13. The Labute approximate surface area is 95.1 Å². The predicted molar refractivity (Wildman–Crippen MR) is 64.3 cm³/mol. The van der Waals surface area contributed by atoms with E-state index in [0.717, 1.165) is 18.6 Å². The van der Waals surface area contributed by atoms with Gasteiger partial charge in [0.25, 0.3) is 0 Å². The summed E-state index contributed by atoms with van der Waals surface area (Å²) >= 11 is 0. The normalized spacial score (nSPS) is 16.2. The molecule has 1 aliphatic heterocycles. The lowest BCUT2D eigenvalue weighted by Crippen LogP contribution is -2.38. The molecule has 0 unspecified atom stereocenters. The number of nitrogens with zero attached hydrogens (tertiary/aromatic N) is 3. The zero-order valence-corrected chi connectivity index (χ0v) is 9.26. The first-order chi connectivity index (χ1) is 7.93. The lowest BCUT2D eigenvalue weighted by molar-refractivity contribution is 0.184. The van der Waals surface area contributed by atoms with Crippen molar-refractivity contribution in [2.45, 2.75) is 12.8 Å². The van der Waals surface area contributed by atoms with Crippen LogP contribution < -0.4 is 0 Å². The molecule has 3 nitrogen and oxygen atoms in total. The van der Waals surface area contributed by atoms with E-state index in [2.05, 4.69) is 27.0 Å². The Kier molecular flexibility index (Phi) is 2.54. The Hall–Kier alpha value is -1.48. The number of fused-ring (bicyclic) bond motifs is 1. The van der Waals surface area contributed by atoms with Gasteiger partial charge >= 0.3 is 0 Å². The number of rotatable bonds is 3. The molecule has 2 aromatic rings. The van der Waals surface area contributed by atoms with Gasteiger partial charge in [-0.05, 0) is 49.7 Å². The third-order valence-corrected chi connectivity index (χ3v) is 3.25. The SMILES string of the molecule is c1cnc2nccc(CCN3CCC3)c2c1. The van der Waals surface area contributed by atoms with Crippen molar-refractivity contribution in [3.63, 3.8) is 0 Å². The van der Waals surface area contributed by atoms with Crippen molar-refractivity contribution in [3.05, 3.63) is 36.2 Å². The minimum Gasteiger partial charge on any atom is -0.303 e. The molecule has 0 amide bonds. The average molecular weight is 213 g/mol. The second kappa shape index (κ2) is 4.18. The van der Waals surface area contributed by atoms with Gasteiger partial charge in [-0.1, -0.05) is 0 Å². The van der Waals surface area contributed by atoms with E-state index in [1.54, 1.807) is 6.20 Å². The Morgan fingerprint density at radius 2 is 2.00 bits per heavy atom. The van der Waals surface area contributed by atoms with E-state index in [1.807, 2.05) is 12.3 Å². The molecule has 2 aromatic heterocycles. The number of likely N-dealkylation sites (tertiary alicyclic amines) is 1. The second-order valence-corrected chi connectivity index (χ2v) is 4.29. The van der Waals surface area contributed by atoms with Crippen LogP contribution in [0.25, 0.3) is 11.0 Å². The lowest BCUT2D eigenvalue weighted by atomic mass is 10.1. The van der Waals surface area contributed by atoms with Gasteiger partial charge in [-0.25, -0.2) is 9.97 Å². The molecule has 1 saturated heterocycles. The summed E-state index contributed by atoms with van der Waals surface area (Å²) in [4.78, 5) is 11.0. The monoisotopic (exact) mass is 213 g/mol. The van der Waals surface area contributed by atoms with Crippen molar-refractivity contribution in [2.24, 2.45) is 0 Å². The molecule has 0 radical (unpaired) electrons. The minimum absolute atomic E-state index is 0.864. The fourth-order valence-corrected chi connectivity index (χ4v) is 2.14. The highest BCUT2D eigenvalue weighted by atomic mass is 15.2. The van der Waals surface area contributed by atoms with Gasteiger partial charge in [0.15, 0.2) is 5.65 Å². The largest absolute Gasteiger partial charge is 0.303 e. The third-order valence-electron chi connectivity index (χ3n) is 3.25. The summed E-state index contributed by atoms with van der Waals surface area (Å²) in [6.07, 6.45) is 6.12. The zero-order chi connectivity index (χ0) is 10.8. The second-order valence-electron chi connectivity index (χ2n) is 4.29. The summed E-state index contributed by atoms with van der Waals surface area (Å²) in [5, 5.41) is 1.20. The maximum absolute atomic E-state index is 4.28. The van der Waals surface area contributed by atoms with Crippen LogP contribution >= 0.6 is 0 Å². The molecule has 3 heteroatoms. The van der Waals surface area contributed by atoms with Crippen LogP contribution in [0.15, 0.2) is 30.6 Å². The van der Waals surface area contributed by atoms with Crippen molar-refractivity contribution in [1.82, 2.24) is 14.9 Å². The molecule has 0 spiro atoms. The van der Waals surface area contributed by atoms with Crippen LogP contribution in [0.4, 0.5) is 0 Å². The number of pyridine rings is 2. The summed E-state index contributed by atoms with van der Waals surface area (Å²) in [5.74, 6) is 0. The van der Waals surface area contributed by atoms with Crippen LogP contribution in [0.3, 0.4) is 0 Å². The van der Waals surface area contributed by atoms with E-state index in [4.69, 9.17) is 0 Å². The molecule has 3 rings (SSSR count). The third kappa shape index (κ3) is 1.78. The highest BCUT2D eigenvalue weighted by molar-refractivity contribution is 5.78. The molecule has 82 valence electrons. The van der Waals surface area contributed by atoms with Gasteiger partial charge in [-0.15, -0.1) is 0 Å². The van der Waals surface area contributed by atoms with E-state index >= 15 is 0 Å². The molecule has 0 N–H and O–H groups in total. The van der Waals surface area contributed by atoms with E-state index < -0.39 is 0 Å². The van der Waals surface area contributed by atoms with E-state index in [9.17, 15) is 0 Å². The van der Waals surface area contributed by atoms with Crippen molar-refractivity contribution >= 4 is 11.0 Å². The summed E-state index contributed by atoms with van der Waals surface area (Å²) in [7, 11) is 0. The summed E-state index contributed by atoms with van der Waals surface area (Å²) in [6, 6.07) is 6.21. The predicted octanol–water partition coefficient (Wildman–Crippen LogP) is 1.88. The van der Waals surface area contributed by atoms with Crippen LogP contribution in [0, 0.1) is 0 Å².